The zero-order chi connectivity index (χ0) is 24.7. The monoisotopic (exact) mass is 484 g/mol. The van der Waals surface area contributed by atoms with Gasteiger partial charge < -0.3 is 14.7 Å². The van der Waals surface area contributed by atoms with Crippen molar-refractivity contribution in [2.24, 2.45) is 4.99 Å². The van der Waals surface area contributed by atoms with Crippen molar-refractivity contribution >= 4 is 29.5 Å². The molecule has 0 fully saturated rings. The van der Waals surface area contributed by atoms with Crippen LogP contribution in [0.2, 0.25) is 5.02 Å². The van der Waals surface area contributed by atoms with E-state index < -0.39 is 23.1 Å². The first-order chi connectivity index (χ1) is 16.3. The number of hydrogen-bond acceptors (Lipinski definition) is 6. The highest BCUT2D eigenvalue weighted by Gasteiger charge is 2.10. The summed E-state index contributed by atoms with van der Waals surface area (Å²) in [4.78, 5) is 44.2. The SMILES string of the molecule is CC[NH+](CC)CCOC(=O)c1ccc(N=Cc2c([O-])n(-c3ccc(Cl)cc3)c(=O)[nH]c2=O)cc1. The summed E-state index contributed by atoms with van der Waals surface area (Å²) < 4.78 is 6.14. The van der Waals surface area contributed by atoms with Gasteiger partial charge in [0.25, 0.3) is 5.56 Å². The van der Waals surface area contributed by atoms with E-state index in [1.165, 1.54) is 29.2 Å². The van der Waals surface area contributed by atoms with Crippen molar-refractivity contribution in [1.29, 1.82) is 0 Å². The number of aromatic nitrogens is 2. The Kier molecular flexibility index (Phi) is 8.39. The van der Waals surface area contributed by atoms with E-state index in [0.29, 0.717) is 22.9 Å². The lowest BCUT2D eigenvalue weighted by molar-refractivity contribution is -0.896. The molecule has 9 nitrogen and oxygen atoms in total. The number of nitrogens with zero attached hydrogens (tertiary/aromatic N) is 2. The number of nitrogens with one attached hydrogen (secondary N) is 2. The van der Waals surface area contributed by atoms with Crippen molar-refractivity contribution in [2.45, 2.75) is 13.8 Å². The van der Waals surface area contributed by atoms with Crippen LogP contribution in [0, 0.1) is 0 Å². The van der Waals surface area contributed by atoms with Gasteiger partial charge in [-0.25, -0.2) is 9.59 Å². The highest BCUT2D eigenvalue weighted by atomic mass is 35.5. The third-order valence-corrected chi connectivity index (χ3v) is 5.57. The summed E-state index contributed by atoms with van der Waals surface area (Å²) in [6, 6.07) is 12.3. The van der Waals surface area contributed by atoms with Gasteiger partial charge in [-0.2, -0.15) is 0 Å². The molecule has 10 heteroatoms. The summed E-state index contributed by atoms with van der Waals surface area (Å²) in [7, 11) is 0. The molecule has 0 aliphatic rings. The second kappa shape index (κ2) is 11.4. The largest absolute Gasteiger partial charge is 0.859 e. The van der Waals surface area contributed by atoms with Gasteiger partial charge in [0.1, 0.15) is 13.2 Å². The minimum absolute atomic E-state index is 0.260. The van der Waals surface area contributed by atoms with Gasteiger partial charge in [-0.1, -0.05) is 11.6 Å². The van der Waals surface area contributed by atoms with E-state index in [1.807, 2.05) is 0 Å². The third-order valence-electron chi connectivity index (χ3n) is 5.32. The van der Waals surface area contributed by atoms with Crippen LogP contribution in [0.15, 0.2) is 63.1 Å². The number of esters is 1. The molecule has 0 atom stereocenters. The first kappa shape index (κ1) is 24.9. The van der Waals surface area contributed by atoms with Crippen LogP contribution in [0.1, 0.15) is 29.8 Å². The highest BCUT2D eigenvalue weighted by Crippen LogP contribution is 2.17. The summed E-state index contributed by atoms with van der Waals surface area (Å²) in [5.41, 5.74) is -0.980. The molecular formula is C24H25ClN4O5. The molecule has 34 heavy (non-hydrogen) atoms. The molecule has 1 aromatic heterocycles. The third kappa shape index (κ3) is 6.00. The zero-order valence-electron chi connectivity index (χ0n) is 18.8. The number of benzene rings is 2. The molecule has 178 valence electrons. The van der Waals surface area contributed by atoms with Crippen LogP contribution in [-0.4, -0.2) is 48.0 Å². The summed E-state index contributed by atoms with van der Waals surface area (Å²) in [5.74, 6) is -1.24. The van der Waals surface area contributed by atoms with E-state index in [0.717, 1.165) is 30.4 Å². The fraction of sp³-hybridized carbons (Fsp3) is 0.250. The van der Waals surface area contributed by atoms with Gasteiger partial charge in [0.05, 0.1) is 29.9 Å². The van der Waals surface area contributed by atoms with Crippen molar-refractivity contribution in [3.63, 3.8) is 0 Å². The van der Waals surface area contributed by atoms with Crippen LogP contribution in [0.5, 0.6) is 5.88 Å². The Labute approximate surface area is 200 Å². The summed E-state index contributed by atoms with van der Waals surface area (Å²) >= 11 is 5.86. The predicted octanol–water partition coefficient (Wildman–Crippen LogP) is 1.08. The number of rotatable bonds is 9. The number of quaternary nitrogens is 1. The number of aliphatic imine (C=N–C) groups is 1. The van der Waals surface area contributed by atoms with E-state index in [-0.39, 0.29) is 11.3 Å². The van der Waals surface area contributed by atoms with Crippen LogP contribution in [0.4, 0.5) is 5.69 Å². The van der Waals surface area contributed by atoms with Crippen LogP contribution in [-0.2, 0) is 4.74 Å². The normalized spacial score (nSPS) is 11.3. The van der Waals surface area contributed by atoms with Crippen LogP contribution in [0.25, 0.3) is 5.69 Å². The number of H-pyrrole nitrogens is 1. The van der Waals surface area contributed by atoms with Gasteiger partial charge in [0, 0.05) is 16.9 Å². The maximum atomic E-state index is 12.8. The molecule has 0 unspecified atom stereocenters. The Morgan fingerprint density at radius 1 is 1.12 bits per heavy atom. The molecule has 3 rings (SSSR count). The summed E-state index contributed by atoms with van der Waals surface area (Å²) in [6.45, 7) is 7.16. The maximum Gasteiger partial charge on any atom is 0.338 e. The van der Waals surface area contributed by atoms with E-state index in [4.69, 9.17) is 16.3 Å². The van der Waals surface area contributed by atoms with E-state index in [2.05, 4.69) is 23.8 Å². The Balaban J connectivity index is 1.76. The van der Waals surface area contributed by atoms with Crippen molar-refractivity contribution in [1.82, 2.24) is 9.55 Å². The van der Waals surface area contributed by atoms with Gasteiger partial charge >= 0.3 is 11.7 Å². The molecule has 1 heterocycles. The second-order valence-corrected chi connectivity index (χ2v) is 7.87. The molecule has 0 amide bonds. The fourth-order valence-corrected chi connectivity index (χ4v) is 3.39. The Morgan fingerprint density at radius 3 is 2.38 bits per heavy atom. The first-order valence-electron chi connectivity index (χ1n) is 10.8. The molecule has 3 aromatic rings. The Bertz CT molecular complexity index is 1280. The van der Waals surface area contributed by atoms with Crippen molar-refractivity contribution in [2.75, 3.05) is 26.2 Å². The van der Waals surface area contributed by atoms with E-state index >= 15 is 0 Å². The van der Waals surface area contributed by atoms with Gasteiger partial charge in [0.2, 0.25) is 0 Å². The van der Waals surface area contributed by atoms with Crippen molar-refractivity contribution in [3.8, 4) is 11.6 Å². The maximum absolute atomic E-state index is 12.8. The smallest absolute Gasteiger partial charge is 0.338 e. The molecule has 0 bridgehead atoms. The first-order valence-corrected chi connectivity index (χ1v) is 11.2. The topological polar surface area (TPSA) is 121 Å². The number of hydrogen-bond donors (Lipinski definition) is 2. The number of aromatic amines is 1. The van der Waals surface area contributed by atoms with Crippen LogP contribution < -0.4 is 21.3 Å². The molecular weight excluding hydrogens is 460 g/mol. The van der Waals surface area contributed by atoms with Gasteiger partial charge in [-0.05, 0) is 68.3 Å². The molecule has 0 aliphatic heterocycles. The summed E-state index contributed by atoms with van der Waals surface area (Å²) in [5, 5.41) is 13.2. The fourth-order valence-electron chi connectivity index (χ4n) is 3.27. The lowest BCUT2D eigenvalue weighted by Gasteiger charge is -2.17. The molecule has 0 saturated heterocycles. The number of halogens is 1. The standard InChI is InChI=1S/C24H25ClN4O5/c1-3-28(4-2)13-14-34-23(32)16-5-9-18(10-6-16)26-15-20-21(30)27-24(33)29(22(20)31)19-11-7-17(25)8-12-19/h5-12,15,31H,3-4,13-14H2,1-2H3,(H,27,30,33). The highest BCUT2D eigenvalue weighted by molar-refractivity contribution is 6.30. The van der Waals surface area contributed by atoms with Crippen LogP contribution in [0.3, 0.4) is 0 Å². The quantitative estimate of drug-likeness (QED) is 0.348. The van der Waals surface area contributed by atoms with E-state index in [1.54, 1.807) is 24.3 Å². The second-order valence-electron chi connectivity index (χ2n) is 7.44. The lowest BCUT2D eigenvalue weighted by Crippen LogP contribution is -3.11. The van der Waals surface area contributed by atoms with Gasteiger partial charge in [-0.15, -0.1) is 0 Å². The number of carbonyl (C=O) groups excluding carboxylic acids is 1. The number of carbonyl (C=O) groups is 1. The molecule has 2 N–H and O–H groups in total. The molecule has 0 aliphatic carbocycles. The number of likely N-dealkylation sites (N-methyl/N-ethyl adjacent to an activating group) is 1. The minimum atomic E-state index is -0.861. The van der Waals surface area contributed by atoms with Crippen molar-refractivity contribution < 1.29 is 19.5 Å². The molecule has 2 aromatic carbocycles. The van der Waals surface area contributed by atoms with E-state index in [9.17, 15) is 19.5 Å². The molecule has 0 saturated carbocycles. The van der Waals surface area contributed by atoms with Gasteiger partial charge in [0.15, 0.2) is 0 Å². The van der Waals surface area contributed by atoms with Gasteiger partial charge in [-0.3, -0.25) is 19.3 Å². The average Bonchev–Trinajstić information content (AvgIpc) is 2.83. The average molecular weight is 485 g/mol. The molecule has 0 spiro atoms. The molecule has 0 radical (unpaired) electrons. The minimum Gasteiger partial charge on any atom is -0.859 e. The summed E-state index contributed by atoms with van der Waals surface area (Å²) in [6.07, 6.45) is 1.09. The van der Waals surface area contributed by atoms with Crippen LogP contribution >= 0.6 is 11.6 Å². The lowest BCUT2D eigenvalue weighted by atomic mass is 10.2. The zero-order valence-corrected chi connectivity index (χ0v) is 19.6. The Morgan fingerprint density at radius 2 is 1.76 bits per heavy atom. The Hall–Kier alpha value is -3.69. The predicted molar refractivity (Wildman–Crippen MR) is 128 cm³/mol. The van der Waals surface area contributed by atoms with Crippen molar-refractivity contribution in [3.05, 3.63) is 85.5 Å². The number of ether oxygens (including phenoxy) is 1.